The summed E-state index contributed by atoms with van der Waals surface area (Å²) in [5.74, 6) is -0.412. The van der Waals surface area contributed by atoms with E-state index in [4.69, 9.17) is 11.6 Å². The van der Waals surface area contributed by atoms with E-state index in [0.717, 1.165) is 0 Å². The van der Waals surface area contributed by atoms with Crippen molar-refractivity contribution in [3.63, 3.8) is 0 Å². The van der Waals surface area contributed by atoms with E-state index < -0.39 is 5.97 Å². The molecular formula is C9H7ClN2O2. The molecule has 0 aliphatic rings. The molecule has 0 spiro atoms. The molecule has 2 heterocycles. The number of carbonyl (C=O) groups is 1. The zero-order valence-corrected chi connectivity index (χ0v) is 8.15. The zero-order valence-electron chi connectivity index (χ0n) is 7.40. The summed E-state index contributed by atoms with van der Waals surface area (Å²) in [7, 11) is 1.33. The van der Waals surface area contributed by atoms with Gasteiger partial charge in [0.05, 0.1) is 7.11 Å². The standard InChI is InChI=1S/C9H7ClN2O2/c1-14-9(13)6-3-2-4-8-11-7(10)5-12(6)8/h2-5H,1H3. The molecule has 14 heavy (non-hydrogen) atoms. The van der Waals surface area contributed by atoms with Crippen LogP contribution in [0.1, 0.15) is 10.5 Å². The van der Waals surface area contributed by atoms with Crippen molar-refractivity contribution in [3.8, 4) is 0 Å². The number of hydrogen-bond donors (Lipinski definition) is 0. The van der Waals surface area contributed by atoms with Gasteiger partial charge in [-0.15, -0.1) is 0 Å². The van der Waals surface area contributed by atoms with Gasteiger partial charge in [0.25, 0.3) is 0 Å². The summed E-state index contributed by atoms with van der Waals surface area (Å²) in [5.41, 5.74) is 1.03. The smallest absolute Gasteiger partial charge is 0.355 e. The number of fused-ring (bicyclic) bond motifs is 1. The van der Waals surface area contributed by atoms with Crippen LogP contribution >= 0.6 is 11.6 Å². The van der Waals surface area contributed by atoms with Crippen molar-refractivity contribution in [2.45, 2.75) is 0 Å². The summed E-state index contributed by atoms with van der Waals surface area (Å²) in [6.45, 7) is 0. The van der Waals surface area contributed by atoms with Crippen LogP contribution in [0.25, 0.3) is 5.65 Å². The van der Waals surface area contributed by atoms with Gasteiger partial charge in [0, 0.05) is 6.20 Å². The van der Waals surface area contributed by atoms with Crippen molar-refractivity contribution in [1.29, 1.82) is 0 Å². The third kappa shape index (κ3) is 1.33. The number of aromatic nitrogens is 2. The van der Waals surface area contributed by atoms with Gasteiger partial charge in [-0.3, -0.25) is 4.40 Å². The molecule has 0 saturated carbocycles. The normalized spacial score (nSPS) is 10.4. The molecule has 0 unspecified atom stereocenters. The van der Waals surface area contributed by atoms with Crippen LogP contribution in [0.2, 0.25) is 5.15 Å². The third-order valence-corrected chi connectivity index (χ3v) is 2.04. The van der Waals surface area contributed by atoms with Crippen molar-refractivity contribution in [3.05, 3.63) is 35.2 Å². The highest BCUT2D eigenvalue weighted by Crippen LogP contribution is 2.13. The average molecular weight is 211 g/mol. The summed E-state index contributed by atoms with van der Waals surface area (Å²) in [4.78, 5) is 15.3. The Hall–Kier alpha value is -1.55. The molecule has 2 aromatic rings. The minimum atomic E-state index is -0.412. The monoisotopic (exact) mass is 210 g/mol. The number of halogens is 1. The Labute approximate surface area is 85.1 Å². The van der Waals surface area contributed by atoms with Crippen LogP contribution in [0.3, 0.4) is 0 Å². The van der Waals surface area contributed by atoms with Crippen LogP contribution in [0.5, 0.6) is 0 Å². The molecule has 0 fully saturated rings. The first-order valence-corrected chi connectivity index (χ1v) is 4.32. The van der Waals surface area contributed by atoms with Crippen molar-refractivity contribution in [2.75, 3.05) is 7.11 Å². The number of imidazole rings is 1. The number of nitrogens with zero attached hydrogens (tertiary/aromatic N) is 2. The van der Waals surface area contributed by atoms with E-state index in [-0.39, 0.29) is 0 Å². The van der Waals surface area contributed by atoms with Gasteiger partial charge in [0.2, 0.25) is 0 Å². The summed E-state index contributed by atoms with van der Waals surface area (Å²) < 4.78 is 6.21. The van der Waals surface area contributed by atoms with Gasteiger partial charge in [0.1, 0.15) is 16.5 Å². The summed E-state index contributed by atoms with van der Waals surface area (Å²) in [6, 6.07) is 5.14. The number of ether oxygens (including phenoxy) is 1. The Balaban J connectivity index is 2.70. The summed E-state index contributed by atoms with van der Waals surface area (Å²) in [5, 5.41) is 0.348. The Kier molecular flexibility index (Phi) is 2.13. The second-order valence-corrected chi connectivity index (χ2v) is 3.08. The highest BCUT2D eigenvalue weighted by molar-refractivity contribution is 6.29. The fraction of sp³-hybridized carbons (Fsp3) is 0.111. The number of hydrogen-bond acceptors (Lipinski definition) is 3. The molecule has 0 atom stereocenters. The first-order valence-electron chi connectivity index (χ1n) is 3.94. The van der Waals surface area contributed by atoms with E-state index in [2.05, 4.69) is 9.72 Å². The Bertz CT molecular complexity index is 493. The van der Waals surface area contributed by atoms with E-state index in [1.807, 2.05) is 0 Å². The van der Waals surface area contributed by atoms with Crippen LogP contribution < -0.4 is 0 Å². The maximum atomic E-state index is 11.3. The lowest BCUT2D eigenvalue weighted by Gasteiger charge is -2.01. The molecule has 0 bridgehead atoms. The molecular weight excluding hydrogens is 204 g/mol. The minimum absolute atomic E-state index is 0.348. The summed E-state index contributed by atoms with van der Waals surface area (Å²) >= 11 is 5.72. The SMILES string of the molecule is COC(=O)c1cccc2nc(Cl)cn12. The lowest BCUT2D eigenvalue weighted by atomic mass is 10.3. The van der Waals surface area contributed by atoms with Crippen LogP contribution in [-0.2, 0) is 4.74 Å². The van der Waals surface area contributed by atoms with Gasteiger partial charge in [0.15, 0.2) is 0 Å². The lowest BCUT2D eigenvalue weighted by molar-refractivity contribution is 0.0592. The van der Waals surface area contributed by atoms with E-state index in [1.54, 1.807) is 28.8 Å². The van der Waals surface area contributed by atoms with Gasteiger partial charge in [-0.25, -0.2) is 9.78 Å². The van der Waals surface area contributed by atoms with E-state index in [9.17, 15) is 4.79 Å². The quantitative estimate of drug-likeness (QED) is 0.674. The highest BCUT2D eigenvalue weighted by atomic mass is 35.5. The molecule has 5 heteroatoms. The van der Waals surface area contributed by atoms with Gasteiger partial charge < -0.3 is 4.74 Å². The van der Waals surface area contributed by atoms with Gasteiger partial charge in [-0.1, -0.05) is 17.7 Å². The maximum Gasteiger partial charge on any atom is 0.355 e. The Morgan fingerprint density at radius 2 is 2.36 bits per heavy atom. The molecule has 2 aromatic heterocycles. The first-order chi connectivity index (χ1) is 6.72. The van der Waals surface area contributed by atoms with Gasteiger partial charge in [-0.2, -0.15) is 0 Å². The van der Waals surface area contributed by atoms with Crippen molar-refractivity contribution in [1.82, 2.24) is 9.38 Å². The number of carbonyl (C=O) groups excluding carboxylic acids is 1. The topological polar surface area (TPSA) is 43.6 Å². The van der Waals surface area contributed by atoms with E-state index >= 15 is 0 Å². The third-order valence-electron chi connectivity index (χ3n) is 1.86. The number of rotatable bonds is 1. The van der Waals surface area contributed by atoms with Crippen LogP contribution in [0, 0.1) is 0 Å². The maximum absolute atomic E-state index is 11.3. The molecule has 0 amide bonds. The Morgan fingerprint density at radius 1 is 1.57 bits per heavy atom. The minimum Gasteiger partial charge on any atom is -0.464 e. The highest BCUT2D eigenvalue weighted by Gasteiger charge is 2.10. The fourth-order valence-electron chi connectivity index (χ4n) is 1.25. The molecule has 0 aromatic carbocycles. The molecule has 0 N–H and O–H groups in total. The first kappa shape index (κ1) is 9.02. The predicted molar refractivity (Wildman–Crippen MR) is 51.5 cm³/mol. The molecule has 0 radical (unpaired) electrons. The van der Waals surface area contributed by atoms with Crippen molar-refractivity contribution in [2.24, 2.45) is 0 Å². The summed E-state index contributed by atoms with van der Waals surface area (Å²) in [6.07, 6.45) is 1.57. The predicted octanol–water partition coefficient (Wildman–Crippen LogP) is 1.77. The van der Waals surface area contributed by atoms with Gasteiger partial charge in [-0.05, 0) is 12.1 Å². The molecule has 2 rings (SSSR count). The molecule has 4 nitrogen and oxygen atoms in total. The molecule has 0 aliphatic carbocycles. The van der Waals surface area contributed by atoms with Crippen LogP contribution in [0.4, 0.5) is 0 Å². The van der Waals surface area contributed by atoms with Crippen molar-refractivity contribution < 1.29 is 9.53 Å². The molecule has 72 valence electrons. The second kappa shape index (κ2) is 3.31. The molecule has 0 aliphatic heterocycles. The van der Waals surface area contributed by atoms with Crippen molar-refractivity contribution >= 4 is 23.2 Å². The number of esters is 1. The van der Waals surface area contributed by atoms with E-state index in [0.29, 0.717) is 16.5 Å². The average Bonchev–Trinajstić information content (AvgIpc) is 2.56. The lowest BCUT2D eigenvalue weighted by Crippen LogP contribution is -2.06. The second-order valence-electron chi connectivity index (χ2n) is 2.69. The van der Waals surface area contributed by atoms with Gasteiger partial charge >= 0.3 is 5.97 Å². The fourth-order valence-corrected chi connectivity index (χ4v) is 1.44. The van der Waals surface area contributed by atoms with Crippen LogP contribution in [-0.4, -0.2) is 22.5 Å². The zero-order chi connectivity index (χ0) is 10.1. The van der Waals surface area contributed by atoms with E-state index in [1.165, 1.54) is 7.11 Å². The van der Waals surface area contributed by atoms with Crippen LogP contribution in [0.15, 0.2) is 24.4 Å². The largest absolute Gasteiger partial charge is 0.464 e. The Morgan fingerprint density at radius 3 is 3.07 bits per heavy atom. The molecule has 0 saturated heterocycles. The number of methoxy groups -OCH3 is 1. The number of pyridine rings is 1.